The molecule has 106 valence electrons. The second-order valence-corrected chi connectivity index (χ2v) is 7.66. The van der Waals surface area contributed by atoms with Gasteiger partial charge in [-0.05, 0) is 12.1 Å². The molecule has 0 N–H and O–H groups in total. The zero-order valence-electron chi connectivity index (χ0n) is 8.90. The van der Waals surface area contributed by atoms with E-state index < -0.39 is 9.39 Å². The van der Waals surface area contributed by atoms with Gasteiger partial charge in [0.25, 0.3) is 6.47 Å². The van der Waals surface area contributed by atoms with Crippen LogP contribution in [-0.2, 0) is 15.1 Å². The third-order valence-corrected chi connectivity index (χ3v) is 5.53. The van der Waals surface area contributed by atoms with Crippen LogP contribution in [0.15, 0.2) is 12.1 Å². The molecule has 1 unspecified atom stereocenters. The Morgan fingerprint density at radius 2 is 1.63 bits per heavy atom. The van der Waals surface area contributed by atoms with E-state index in [-0.39, 0.29) is 26.0 Å². The number of rotatable bonds is 4. The molecule has 1 aromatic carbocycles. The van der Waals surface area contributed by atoms with Crippen molar-refractivity contribution in [3.05, 3.63) is 32.8 Å². The topological polar surface area (TPSA) is 26.3 Å². The highest BCUT2D eigenvalue weighted by molar-refractivity contribution is 14.1. The quantitative estimate of drug-likeness (QED) is 0.227. The number of hydrogen-bond donors (Lipinski definition) is 0. The lowest BCUT2D eigenvalue weighted by Gasteiger charge is -2.36. The van der Waals surface area contributed by atoms with Gasteiger partial charge in [-0.3, -0.25) is 4.79 Å². The molecule has 0 aliphatic carbocycles. The maximum atomic E-state index is 10.7. The van der Waals surface area contributed by atoms with Crippen LogP contribution in [0.1, 0.15) is 5.56 Å². The molecular formula is C10H5Cl6IO2. The summed E-state index contributed by atoms with van der Waals surface area (Å²) in [6.45, 7) is 0.205. The Bertz CT molecular complexity index is 466. The number of alkyl halides is 4. The smallest absolute Gasteiger partial charge is 0.294 e. The van der Waals surface area contributed by atoms with Gasteiger partial charge in [0.15, 0.2) is 5.60 Å². The molecule has 1 aromatic rings. The number of carbonyl (C=O) groups excluding carboxylic acids is 1. The van der Waals surface area contributed by atoms with Gasteiger partial charge in [-0.15, -0.1) is 0 Å². The minimum absolute atomic E-state index is 0.169. The second-order valence-electron chi connectivity index (χ2n) is 3.43. The van der Waals surface area contributed by atoms with Crippen LogP contribution in [0.2, 0.25) is 15.1 Å². The van der Waals surface area contributed by atoms with Gasteiger partial charge in [-0.1, -0.05) is 92.2 Å². The third kappa shape index (κ3) is 3.68. The van der Waals surface area contributed by atoms with Gasteiger partial charge < -0.3 is 4.74 Å². The van der Waals surface area contributed by atoms with Crippen molar-refractivity contribution >= 4 is 98.7 Å². The summed E-state index contributed by atoms with van der Waals surface area (Å²) in [4.78, 5) is 10.7. The first-order valence-corrected chi connectivity index (χ1v) is 8.38. The Morgan fingerprint density at radius 1 is 1.16 bits per heavy atom. The van der Waals surface area contributed by atoms with Crippen molar-refractivity contribution in [3.8, 4) is 0 Å². The minimum atomic E-state index is -1.91. The fraction of sp³-hybridized carbons (Fsp3) is 0.300. The number of benzene rings is 1. The normalized spacial score (nSPS) is 14.9. The largest absolute Gasteiger partial charge is 0.451 e. The molecule has 2 nitrogen and oxygen atoms in total. The summed E-state index contributed by atoms with van der Waals surface area (Å²) in [6.07, 6.45) is 0. The first-order chi connectivity index (χ1) is 8.69. The lowest BCUT2D eigenvalue weighted by molar-refractivity contribution is -0.141. The van der Waals surface area contributed by atoms with Crippen molar-refractivity contribution in [1.82, 2.24) is 0 Å². The summed E-state index contributed by atoms with van der Waals surface area (Å²) >= 11 is 37.5. The highest BCUT2D eigenvalue weighted by atomic mass is 127. The summed E-state index contributed by atoms with van der Waals surface area (Å²) < 4.78 is 3.30. The first kappa shape index (κ1) is 18.2. The average molecular weight is 497 g/mol. The molecule has 0 aromatic heterocycles. The van der Waals surface area contributed by atoms with Crippen molar-refractivity contribution in [2.75, 3.05) is 4.43 Å². The Morgan fingerprint density at radius 3 is 1.95 bits per heavy atom. The fourth-order valence-corrected chi connectivity index (χ4v) is 4.48. The summed E-state index contributed by atoms with van der Waals surface area (Å²) in [5.74, 6) is 0. The predicted molar refractivity (Wildman–Crippen MR) is 89.5 cm³/mol. The lowest BCUT2D eigenvalue weighted by Crippen LogP contribution is -2.44. The third-order valence-electron chi connectivity index (χ3n) is 2.35. The van der Waals surface area contributed by atoms with Gasteiger partial charge in [-0.25, -0.2) is 0 Å². The van der Waals surface area contributed by atoms with Crippen LogP contribution in [0.3, 0.4) is 0 Å². The van der Waals surface area contributed by atoms with Crippen LogP contribution in [0.25, 0.3) is 0 Å². The molecule has 0 bridgehead atoms. The average Bonchev–Trinajstić information content (AvgIpc) is 2.30. The zero-order chi connectivity index (χ0) is 14.8. The number of hydrogen-bond acceptors (Lipinski definition) is 2. The van der Waals surface area contributed by atoms with Crippen LogP contribution in [0, 0.1) is 0 Å². The summed E-state index contributed by atoms with van der Waals surface area (Å²) in [6, 6.07) is 2.89. The van der Waals surface area contributed by atoms with Crippen molar-refractivity contribution in [2.45, 2.75) is 9.39 Å². The SMILES string of the molecule is O=COC(CI)(c1cc(Cl)c(Cl)c(Cl)c1)C(Cl)(Cl)Cl. The molecule has 0 saturated carbocycles. The number of ether oxygens (including phenoxy) is 1. The molecular weight excluding hydrogens is 492 g/mol. The Hall–Kier alpha value is 1.16. The fourth-order valence-electron chi connectivity index (χ4n) is 1.35. The van der Waals surface area contributed by atoms with Crippen molar-refractivity contribution in [1.29, 1.82) is 0 Å². The van der Waals surface area contributed by atoms with E-state index in [0.717, 1.165) is 0 Å². The van der Waals surface area contributed by atoms with Crippen LogP contribution in [0.4, 0.5) is 0 Å². The lowest BCUT2D eigenvalue weighted by atomic mass is 9.97. The van der Waals surface area contributed by atoms with E-state index in [9.17, 15) is 4.79 Å². The molecule has 0 amide bonds. The molecule has 19 heavy (non-hydrogen) atoms. The van der Waals surface area contributed by atoms with E-state index in [1.807, 2.05) is 22.6 Å². The van der Waals surface area contributed by atoms with Gasteiger partial charge in [0, 0.05) is 9.99 Å². The number of halogens is 7. The monoisotopic (exact) mass is 494 g/mol. The second kappa shape index (κ2) is 6.95. The first-order valence-electron chi connectivity index (χ1n) is 4.58. The van der Waals surface area contributed by atoms with E-state index in [4.69, 9.17) is 74.3 Å². The standard InChI is InChI=1S/C10H5Cl6IO2/c11-6-1-5(2-7(12)8(6)13)9(3-17,19-4-18)10(14,15)16/h1-2,4H,3H2. The van der Waals surface area contributed by atoms with E-state index in [2.05, 4.69) is 0 Å². The van der Waals surface area contributed by atoms with Crippen molar-refractivity contribution in [2.24, 2.45) is 0 Å². The van der Waals surface area contributed by atoms with Crippen molar-refractivity contribution < 1.29 is 9.53 Å². The predicted octanol–water partition coefficient (Wildman–Crippen LogP) is 5.82. The Balaban J connectivity index is 3.54. The Labute approximate surface area is 153 Å². The highest BCUT2D eigenvalue weighted by Crippen LogP contribution is 2.50. The minimum Gasteiger partial charge on any atom is -0.451 e. The van der Waals surface area contributed by atoms with Crippen LogP contribution < -0.4 is 0 Å². The maximum Gasteiger partial charge on any atom is 0.294 e. The molecule has 0 heterocycles. The maximum absolute atomic E-state index is 10.7. The molecule has 1 atom stereocenters. The molecule has 0 fully saturated rings. The van der Waals surface area contributed by atoms with E-state index in [1.165, 1.54) is 12.1 Å². The molecule has 1 rings (SSSR count). The summed E-state index contributed by atoms with van der Waals surface area (Å²) in [7, 11) is 0. The zero-order valence-corrected chi connectivity index (χ0v) is 15.6. The van der Waals surface area contributed by atoms with E-state index >= 15 is 0 Å². The number of carbonyl (C=O) groups is 1. The van der Waals surface area contributed by atoms with Crippen LogP contribution >= 0.6 is 92.2 Å². The van der Waals surface area contributed by atoms with E-state index in [1.54, 1.807) is 0 Å². The van der Waals surface area contributed by atoms with Gasteiger partial charge in [-0.2, -0.15) is 0 Å². The molecule has 0 radical (unpaired) electrons. The molecule has 0 aliphatic heterocycles. The molecule has 0 spiro atoms. The Kier molecular flexibility index (Phi) is 6.66. The van der Waals surface area contributed by atoms with Crippen molar-refractivity contribution in [3.63, 3.8) is 0 Å². The molecule has 0 saturated heterocycles. The summed E-state index contributed by atoms with van der Waals surface area (Å²) in [5.41, 5.74) is -1.17. The van der Waals surface area contributed by atoms with Gasteiger partial charge in [0.2, 0.25) is 3.79 Å². The van der Waals surface area contributed by atoms with E-state index in [0.29, 0.717) is 5.56 Å². The molecule has 0 aliphatic rings. The highest BCUT2D eigenvalue weighted by Gasteiger charge is 2.52. The van der Waals surface area contributed by atoms with Gasteiger partial charge in [0.1, 0.15) is 0 Å². The molecule has 9 heteroatoms. The van der Waals surface area contributed by atoms with Crippen LogP contribution in [-0.4, -0.2) is 14.7 Å². The van der Waals surface area contributed by atoms with Gasteiger partial charge >= 0.3 is 0 Å². The summed E-state index contributed by atoms with van der Waals surface area (Å²) in [5, 5.41) is 0.508. The van der Waals surface area contributed by atoms with Crippen LogP contribution in [0.5, 0.6) is 0 Å². The van der Waals surface area contributed by atoms with Gasteiger partial charge in [0.05, 0.1) is 15.1 Å².